The van der Waals surface area contributed by atoms with Crippen LogP contribution in [0.3, 0.4) is 0 Å². The first-order chi connectivity index (χ1) is 10.0. The molecule has 7 heteroatoms. The maximum absolute atomic E-state index is 11.8. The monoisotopic (exact) mass is 306 g/mol. The summed E-state index contributed by atoms with van der Waals surface area (Å²) in [5, 5.41) is 10.5. The minimum absolute atomic E-state index is 0.208. The largest absolute Gasteiger partial charge is 0.307 e. The maximum atomic E-state index is 11.8. The molecular weight excluding hydrogens is 288 g/mol. The summed E-state index contributed by atoms with van der Waals surface area (Å²) < 4.78 is 23.6. The molecular formula is C14H18N4O2S. The molecule has 1 fully saturated rings. The third-order valence-electron chi connectivity index (χ3n) is 3.65. The van der Waals surface area contributed by atoms with Gasteiger partial charge in [0.2, 0.25) is 0 Å². The molecule has 21 heavy (non-hydrogen) atoms. The van der Waals surface area contributed by atoms with E-state index in [0.29, 0.717) is 17.1 Å². The van der Waals surface area contributed by atoms with Crippen LogP contribution in [0.5, 0.6) is 0 Å². The number of nitrogens with zero attached hydrogens (tertiary/aromatic N) is 2. The summed E-state index contributed by atoms with van der Waals surface area (Å²) in [5.41, 5.74) is 0.738. The summed E-state index contributed by atoms with van der Waals surface area (Å²) in [6, 6.07) is 7.21. The highest BCUT2D eigenvalue weighted by molar-refractivity contribution is 7.90. The zero-order valence-corrected chi connectivity index (χ0v) is 12.7. The van der Waals surface area contributed by atoms with E-state index in [-0.39, 0.29) is 6.04 Å². The lowest BCUT2D eigenvalue weighted by Crippen LogP contribution is -2.14. The van der Waals surface area contributed by atoms with Gasteiger partial charge in [-0.1, -0.05) is 18.2 Å². The van der Waals surface area contributed by atoms with Gasteiger partial charge in [0.05, 0.1) is 10.9 Å². The molecule has 2 heterocycles. The molecule has 2 aromatic rings. The van der Waals surface area contributed by atoms with Crippen molar-refractivity contribution >= 4 is 9.84 Å². The molecule has 112 valence electrons. The average molecular weight is 306 g/mol. The highest BCUT2D eigenvalue weighted by Crippen LogP contribution is 2.21. The van der Waals surface area contributed by atoms with Crippen LogP contribution in [0, 0.1) is 0 Å². The zero-order valence-electron chi connectivity index (χ0n) is 11.8. The van der Waals surface area contributed by atoms with Gasteiger partial charge in [-0.15, -0.1) is 0 Å². The number of hydrogen-bond donors (Lipinski definition) is 2. The highest BCUT2D eigenvalue weighted by Gasteiger charge is 2.21. The van der Waals surface area contributed by atoms with Crippen molar-refractivity contribution in [3.8, 4) is 0 Å². The van der Waals surface area contributed by atoms with Gasteiger partial charge in [-0.2, -0.15) is 5.10 Å². The summed E-state index contributed by atoms with van der Waals surface area (Å²) in [6.07, 6.45) is 3.83. The fourth-order valence-electron chi connectivity index (χ4n) is 2.64. The number of aromatic amines is 1. The van der Waals surface area contributed by atoms with Gasteiger partial charge in [-0.05, 0) is 31.0 Å². The number of benzene rings is 1. The molecule has 1 aromatic heterocycles. The van der Waals surface area contributed by atoms with Crippen molar-refractivity contribution in [1.29, 1.82) is 0 Å². The Morgan fingerprint density at radius 2 is 2.14 bits per heavy atom. The Morgan fingerprint density at radius 3 is 2.86 bits per heavy atom. The van der Waals surface area contributed by atoms with Gasteiger partial charge in [0.1, 0.15) is 5.82 Å². The van der Waals surface area contributed by atoms with Crippen molar-refractivity contribution in [2.45, 2.75) is 30.2 Å². The Balaban J connectivity index is 1.84. The Labute approximate surface area is 123 Å². The van der Waals surface area contributed by atoms with Crippen LogP contribution < -0.4 is 5.32 Å². The molecule has 3 rings (SSSR count). The summed E-state index contributed by atoms with van der Waals surface area (Å²) in [4.78, 5) is 4.84. The number of aromatic nitrogens is 3. The van der Waals surface area contributed by atoms with E-state index in [1.807, 2.05) is 12.1 Å². The number of rotatable bonds is 4. The van der Waals surface area contributed by atoms with Crippen molar-refractivity contribution in [3.63, 3.8) is 0 Å². The molecule has 1 aliphatic heterocycles. The number of sulfone groups is 1. The van der Waals surface area contributed by atoms with Gasteiger partial charge in [0.25, 0.3) is 0 Å². The second-order valence-electron chi connectivity index (χ2n) is 5.35. The van der Waals surface area contributed by atoms with Crippen LogP contribution in [0.25, 0.3) is 0 Å². The van der Waals surface area contributed by atoms with Crippen LogP contribution >= 0.6 is 0 Å². The molecule has 1 saturated heterocycles. The van der Waals surface area contributed by atoms with E-state index in [0.717, 1.165) is 30.8 Å². The number of hydrogen-bond acceptors (Lipinski definition) is 5. The van der Waals surface area contributed by atoms with Crippen molar-refractivity contribution in [3.05, 3.63) is 41.5 Å². The van der Waals surface area contributed by atoms with E-state index < -0.39 is 9.84 Å². The molecule has 0 spiro atoms. The summed E-state index contributed by atoms with van der Waals surface area (Å²) in [7, 11) is -3.24. The lowest BCUT2D eigenvalue weighted by Gasteiger charge is -2.06. The maximum Gasteiger partial charge on any atom is 0.175 e. The molecule has 1 aliphatic rings. The van der Waals surface area contributed by atoms with E-state index in [9.17, 15) is 8.42 Å². The van der Waals surface area contributed by atoms with Crippen LogP contribution in [0.1, 0.15) is 36.1 Å². The molecule has 0 saturated carbocycles. The first-order valence-corrected chi connectivity index (χ1v) is 8.86. The Bertz CT molecular complexity index is 733. The molecule has 1 aromatic carbocycles. The predicted octanol–water partition coefficient (Wildman–Crippen LogP) is 1.22. The third kappa shape index (κ3) is 3.14. The third-order valence-corrected chi connectivity index (χ3v) is 4.85. The van der Waals surface area contributed by atoms with Gasteiger partial charge in [-0.3, -0.25) is 5.10 Å². The van der Waals surface area contributed by atoms with Gasteiger partial charge in [-0.25, -0.2) is 13.4 Å². The standard InChI is InChI=1S/C14H18N4O2S/c1-21(19,20)12-7-3-2-5-10(12)9-13-16-14(18-17-13)11-6-4-8-15-11/h2-3,5,7,11,15H,4,6,8-9H2,1H3,(H,16,17,18). The van der Waals surface area contributed by atoms with Crippen LogP contribution in [-0.2, 0) is 16.3 Å². The highest BCUT2D eigenvalue weighted by atomic mass is 32.2. The van der Waals surface area contributed by atoms with E-state index in [1.54, 1.807) is 12.1 Å². The van der Waals surface area contributed by atoms with Crippen LogP contribution in [-0.4, -0.2) is 36.4 Å². The molecule has 1 atom stereocenters. The smallest absolute Gasteiger partial charge is 0.175 e. The first-order valence-electron chi connectivity index (χ1n) is 6.96. The summed E-state index contributed by atoms with van der Waals surface area (Å²) >= 11 is 0. The SMILES string of the molecule is CS(=O)(=O)c1ccccc1Cc1nc(C2CCCN2)n[nH]1. The normalized spacial score (nSPS) is 19.0. The first kappa shape index (κ1) is 14.2. The van der Waals surface area contributed by atoms with Gasteiger partial charge in [0, 0.05) is 12.7 Å². The van der Waals surface area contributed by atoms with Crippen molar-refractivity contribution in [1.82, 2.24) is 20.5 Å². The quantitative estimate of drug-likeness (QED) is 0.887. The van der Waals surface area contributed by atoms with Gasteiger partial charge < -0.3 is 5.32 Å². The number of H-pyrrole nitrogens is 1. The van der Waals surface area contributed by atoms with Crippen molar-refractivity contribution in [2.24, 2.45) is 0 Å². The van der Waals surface area contributed by atoms with Crippen LogP contribution in [0.15, 0.2) is 29.2 Å². The van der Waals surface area contributed by atoms with E-state index in [4.69, 9.17) is 0 Å². The molecule has 0 amide bonds. The minimum atomic E-state index is -3.24. The summed E-state index contributed by atoms with van der Waals surface area (Å²) in [6.45, 7) is 0.992. The van der Waals surface area contributed by atoms with Gasteiger partial charge in [0.15, 0.2) is 15.7 Å². The Kier molecular flexibility index (Phi) is 3.77. The van der Waals surface area contributed by atoms with E-state index in [1.165, 1.54) is 6.26 Å². The molecule has 1 unspecified atom stereocenters. The topological polar surface area (TPSA) is 87.7 Å². The second kappa shape index (κ2) is 5.57. The number of nitrogens with one attached hydrogen (secondary N) is 2. The van der Waals surface area contributed by atoms with Gasteiger partial charge >= 0.3 is 0 Å². The van der Waals surface area contributed by atoms with Crippen LogP contribution in [0.4, 0.5) is 0 Å². The molecule has 0 radical (unpaired) electrons. The Hall–Kier alpha value is -1.73. The van der Waals surface area contributed by atoms with E-state index in [2.05, 4.69) is 20.5 Å². The molecule has 6 nitrogen and oxygen atoms in total. The minimum Gasteiger partial charge on any atom is -0.307 e. The molecule has 2 N–H and O–H groups in total. The lowest BCUT2D eigenvalue weighted by atomic mass is 10.1. The van der Waals surface area contributed by atoms with E-state index >= 15 is 0 Å². The predicted molar refractivity (Wildman–Crippen MR) is 78.7 cm³/mol. The average Bonchev–Trinajstić information content (AvgIpc) is 3.08. The Morgan fingerprint density at radius 1 is 1.33 bits per heavy atom. The fourth-order valence-corrected chi connectivity index (χ4v) is 3.58. The molecule has 0 bridgehead atoms. The summed E-state index contributed by atoms with van der Waals surface area (Å²) in [5.74, 6) is 1.45. The van der Waals surface area contributed by atoms with Crippen molar-refractivity contribution < 1.29 is 8.42 Å². The molecule has 0 aliphatic carbocycles. The second-order valence-corrected chi connectivity index (χ2v) is 7.33. The zero-order chi connectivity index (χ0) is 14.9. The van der Waals surface area contributed by atoms with Crippen molar-refractivity contribution in [2.75, 3.05) is 12.8 Å². The fraction of sp³-hybridized carbons (Fsp3) is 0.429. The lowest BCUT2D eigenvalue weighted by molar-refractivity contribution is 0.601. The van der Waals surface area contributed by atoms with Crippen LogP contribution in [0.2, 0.25) is 0 Å².